The van der Waals surface area contributed by atoms with Crippen molar-refractivity contribution in [1.82, 2.24) is 9.97 Å². The Morgan fingerprint density at radius 3 is 2.58 bits per heavy atom. The Bertz CT molecular complexity index is 738. The Balaban J connectivity index is 2.17. The number of aromatic amines is 1. The monoisotopic (exact) mass is 316 g/mol. The zero-order valence-electron chi connectivity index (χ0n) is 10.7. The van der Waals surface area contributed by atoms with Crippen LogP contribution in [0.2, 0.25) is 0 Å². The minimum atomic E-state index is 0.213. The minimum absolute atomic E-state index is 0.213. The van der Waals surface area contributed by atoms with Crippen LogP contribution in [-0.2, 0) is 0 Å². The lowest BCUT2D eigenvalue weighted by molar-refractivity contribution is 0.472. The fraction of sp³-hybridized carbons (Fsp3) is 0.133. The van der Waals surface area contributed by atoms with Crippen molar-refractivity contribution in [1.29, 1.82) is 0 Å². The van der Waals surface area contributed by atoms with Crippen molar-refractivity contribution in [3.8, 4) is 17.1 Å². The van der Waals surface area contributed by atoms with Gasteiger partial charge in [-0.15, -0.1) is 0 Å². The smallest absolute Gasteiger partial charge is 0.138 e. The van der Waals surface area contributed by atoms with Crippen molar-refractivity contribution < 1.29 is 5.11 Å². The van der Waals surface area contributed by atoms with Gasteiger partial charge >= 0.3 is 0 Å². The molecule has 0 saturated carbocycles. The first-order valence-electron chi connectivity index (χ1n) is 6.00. The second kappa shape index (κ2) is 4.38. The number of halogens is 1. The molecule has 19 heavy (non-hydrogen) atoms. The predicted molar refractivity (Wildman–Crippen MR) is 80.4 cm³/mol. The molecule has 0 aliphatic heterocycles. The first-order valence-corrected chi connectivity index (χ1v) is 6.80. The Labute approximate surface area is 119 Å². The number of hydrogen-bond donors (Lipinski definition) is 2. The molecule has 0 atom stereocenters. The number of aromatic nitrogens is 2. The molecule has 0 fully saturated rings. The molecule has 4 heteroatoms. The van der Waals surface area contributed by atoms with Crippen LogP contribution in [0.3, 0.4) is 0 Å². The molecular formula is C15H13BrN2O. The lowest BCUT2D eigenvalue weighted by atomic mass is 10.1. The summed E-state index contributed by atoms with van der Waals surface area (Å²) in [6.45, 7) is 4.16. The molecule has 3 nitrogen and oxygen atoms in total. The number of aryl methyl sites for hydroxylation is 2. The number of rotatable bonds is 1. The number of nitrogens with zero attached hydrogens (tertiary/aromatic N) is 1. The number of phenols is 1. The molecule has 0 spiro atoms. The lowest BCUT2D eigenvalue weighted by Gasteiger charge is -1.99. The normalized spacial score (nSPS) is 11.1. The summed E-state index contributed by atoms with van der Waals surface area (Å²) >= 11 is 3.28. The predicted octanol–water partition coefficient (Wildman–Crippen LogP) is 4.31. The largest absolute Gasteiger partial charge is 0.507 e. The van der Waals surface area contributed by atoms with Gasteiger partial charge in [0.25, 0.3) is 0 Å². The summed E-state index contributed by atoms with van der Waals surface area (Å²) in [6.07, 6.45) is 0. The van der Waals surface area contributed by atoms with E-state index in [1.807, 2.05) is 12.1 Å². The van der Waals surface area contributed by atoms with Gasteiger partial charge in [0, 0.05) is 5.56 Å². The third-order valence-corrected chi connectivity index (χ3v) is 3.99. The van der Waals surface area contributed by atoms with Gasteiger partial charge in [-0.3, -0.25) is 0 Å². The molecule has 96 valence electrons. The summed E-state index contributed by atoms with van der Waals surface area (Å²) in [5, 5.41) is 9.74. The third kappa shape index (κ3) is 2.12. The van der Waals surface area contributed by atoms with Crippen LogP contribution >= 0.6 is 15.9 Å². The minimum Gasteiger partial charge on any atom is -0.507 e. The van der Waals surface area contributed by atoms with E-state index in [2.05, 4.69) is 51.9 Å². The topological polar surface area (TPSA) is 48.9 Å². The summed E-state index contributed by atoms with van der Waals surface area (Å²) in [6, 6.07) is 9.60. The van der Waals surface area contributed by atoms with Gasteiger partial charge in [0.1, 0.15) is 11.6 Å². The third-order valence-electron chi connectivity index (χ3n) is 3.32. The van der Waals surface area contributed by atoms with Crippen LogP contribution in [0.15, 0.2) is 34.8 Å². The van der Waals surface area contributed by atoms with Crippen molar-refractivity contribution in [2.24, 2.45) is 0 Å². The number of hydrogen-bond acceptors (Lipinski definition) is 2. The van der Waals surface area contributed by atoms with E-state index >= 15 is 0 Å². The van der Waals surface area contributed by atoms with Crippen molar-refractivity contribution in [2.45, 2.75) is 13.8 Å². The molecule has 0 saturated heterocycles. The highest BCUT2D eigenvalue weighted by Crippen LogP contribution is 2.30. The van der Waals surface area contributed by atoms with E-state index in [9.17, 15) is 5.11 Å². The molecule has 0 bridgehead atoms. The number of aromatic hydroxyl groups is 1. The van der Waals surface area contributed by atoms with E-state index in [1.165, 1.54) is 11.1 Å². The number of benzene rings is 2. The van der Waals surface area contributed by atoms with Gasteiger partial charge in [-0.25, -0.2) is 4.98 Å². The van der Waals surface area contributed by atoms with E-state index in [4.69, 9.17) is 0 Å². The average Bonchev–Trinajstić information content (AvgIpc) is 2.76. The molecule has 1 heterocycles. The molecule has 0 aliphatic carbocycles. The van der Waals surface area contributed by atoms with Crippen molar-refractivity contribution >= 4 is 27.0 Å². The van der Waals surface area contributed by atoms with Crippen LogP contribution in [0.25, 0.3) is 22.4 Å². The maximum Gasteiger partial charge on any atom is 0.138 e. The summed E-state index contributed by atoms with van der Waals surface area (Å²) in [7, 11) is 0. The molecule has 1 aromatic heterocycles. The zero-order chi connectivity index (χ0) is 13.6. The first-order chi connectivity index (χ1) is 9.04. The molecule has 2 aromatic carbocycles. The number of imidazole rings is 1. The molecule has 3 aromatic rings. The van der Waals surface area contributed by atoms with Gasteiger partial charge in [0.15, 0.2) is 0 Å². The summed E-state index contributed by atoms with van der Waals surface area (Å²) in [4.78, 5) is 7.86. The molecular weight excluding hydrogens is 304 g/mol. The second-order valence-corrected chi connectivity index (χ2v) is 5.56. The Morgan fingerprint density at radius 2 is 1.84 bits per heavy atom. The van der Waals surface area contributed by atoms with Crippen LogP contribution in [0.1, 0.15) is 11.1 Å². The highest BCUT2D eigenvalue weighted by molar-refractivity contribution is 9.10. The quantitative estimate of drug-likeness (QED) is 0.702. The average molecular weight is 317 g/mol. The van der Waals surface area contributed by atoms with Crippen molar-refractivity contribution in [3.63, 3.8) is 0 Å². The van der Waals surface area contributed by atoms with E-state index in [0.717, 1.165) is 22.4 Å². The van der Waals surface area contributed by atoms with E-state index in [-0.39, 0.29) is 5.75 Å². The Morgan fingerprint density at radius 1 is 1.11 bits per heavy atom. The fourth-order valence-corrected chi connectivity index (χ4v) is 2.31. The number of phenolic OH excluding ortho intramolecular Hbond substituents is 1. The van der Waals surface area contributed by atoms with E-state index < -0.39 is 0 Å². The van der Waals surface area contributed by atoms with Crippen LogP contribution in [-0.4, -0.2) is 15.1 Å². The SMILES string of the molecule is Cc1cc2nc(-c3ccc(Br)c(O)c3)[nH]c2cc1C. The van der Waals surface area contributed by atoms with Gasteiger partial charge in [-0.05, 0) is 71.2 Å². The van der Waals surface area contributed by atoms with Crippen LogP contribution in [0.4, 0.5) is 0 Å². The van der Waals surface area contributed by atoms with Gasteiger partial charge < -0.3 is 10.1 Å². The maximum absolute atomic E-state index is 9.74. The Hall–Kier alpha value is -1.81. The highest BCUT2D eigenvalue weighted by atomic mass is 79.9. The number of nitrogens with one attached hydrogen (secondary N) is 1. The van der Waals surface area contributed by atoms with Gasteiger partial charge in [-0.1, -0.05) is 0 Å². The first kappa shape index (κ1) is 12.2. The van der Waals surface area contributed by atoms with Crippen molar-refractivity contribution in [3.05, 3.63) is 45.9 Å². The summed E-state index contributed by atoms with van der Waals surface area (Å²) in [5.74, 6) is 0.980. The van der Waals surface area contributed by atoms with Crippen LogP contribution in [0, 0.1) is 13.8 Å². The van der Waals surface area contributed by atoms with Gasteiger partial charge in [0.05, 0.1) is 15.5 Å². The number of fused-ring (bicyclic) bond motifs is 1. The molecule has 0 amide bonds. The molecule has 3 rings (SSSR count). The van der Waals surface area contributed by atoms with E-state index in [1.54, 1.807) is 6.07 Å². The van der Waals surface area contributed by atoms with Crippen LogP contribution < -0.4 is 0 Å². The standard InChI is InChI=1S/C15H13BrN2O/c1-8-5-12-13(6-9(8)2)18-15(17-12)10-3-4-11(16)14(19)7-10/h3-7,19H,1-2H3,(H,17,18). The van der Waals surface area contributed by atoms with Crippen LogP contribution in [0.5, 0.6) is 5.75 Å². The van der Waals surface area contributed by atoms with Gasteiger partial charge in [-0.2, -0.15) is 0 Å². The molecule has 0 aliphatic rings. The van der Waals surface area contributed by atoms with Crippen molar-refractivity contribution in [2.75, 3.05) is 0 Å². The van der Waals surface area contributed by atoms with E-state index in [0.29, 0.717) is 4.47 Å². The number of H-pyrrole nitrogens is 1. The van der Waals surface area contributed by atoms with Gasteiger partial charge in [0.2, 0.25) is 0 Å². The molecule has 0 unspecified atom stereocenters. The fourth-order valence-electron chi connectivity index (χ4n) is 2.07. The maximum atomic E-state index is 9.74. The summed E-state index contributed by atoms with van der Waals surface area (Å²) < 4.78 is 0.680. The highest BCUT2D eigenvalue weighted by Gasteiger charge is 2.08. The Kier molecular flexibility index (Phi) is 2.82. The summed E-state index contributed by atoms with van der Waals surface area (Å²) in [5.41, 5.74) is 5.29. The molecule has 2 N–H and O–H groups in total. The zero-order valence-corrected chi connectivity index (χ0v) is 12.2. The second-order valence-electron chi connectivity index (χ2n) is 4.71. The molecule has 0 radical (unpaired) electrons. The lowest BCUT2D eigenvalue weighted by Crippen LogP contribution is -1.80.